The SMILES string of the molecule is [2H]C([2H])([2H])c1ccccc1OC. The van der Waals surface area contributed by atoms with Crippen molar-refractivity contribution in [1.82, 2.24) is 0 Å². The van der Waals surface area contributed by atoms with Gasteiger partial charge in [-0.25, -0.2) is 0 Å². The van der Waals surface area contributed by atoms with E-state index in [9.17, 15) is 0 Å². The van der Waals surface area contributed by atoms with E-state index < -0.39 is 6.85 Å². The fraction of sp³-hybridized carbons (Fsp3) is 0.250. The smallest absolute Gasteiger partial charge is 0.121 e. The van der Waals surface area contributed by atoms with Crippen LogP contribution in [0.15, 0.2) is 24.3 Å². The highest BCUT2D eigenvalue weighted by Crippen LogP contribution is 2.14. The summed E-state index contributed by atoms with van der Waals surface area (Å²) in [6, 6.07) is 6.62. The van der Waals surface area contributed by atoms with Crippen LogP contribution in [0.4, 0.5) is 0 Å². The van der Waals surface area contributed by atoms with Gasteiger partial charge in [-0.3, -0.25) is 0 Å². The molecule has 0 aliphatic rings. The first-order valence-electron chi connectivity index (χ1n) is 4.19. The van der Waals surface area contributed by atoms with Gasteiger partial charge < -0.3 is 4.74 Å². The van der Waals surface area contributed by atoms with E-state index in [1.807, 2.05) is 0 Å². The average molecular weight is 125 g/mol. The Kier molecular flexibility index (Phi) is 0.916. The Morgan fingerprint density at radius 1 is 1.44 bits per heavy atom. The summed E-state index contributed by atoms with van der Waals surface area (Å²) < 4.78 is 26.4. The number of para-hydroxylation sites is 1. The van der Waals surface area contributed by atoms with Gasteiger partial charge in [-0.15, -0.1) is 0 Å². The summed E-state index contributed by atoms with van der Waals surface area (Å²) in [4.78, 5) is 0. The van der Waals surface area contributed by atoms with Gasteiger partial charge in [0.2, 0.25) is 0 Å². The Hall–Kier alpha value is -0.980. The summed E-state index contributed by atoms with van der Waals surface area (Å²) in [5, 5.41) is 0. The Morgan fingerprint density at radius 2 is 2.22 bits per heavy atom. The third-order valence-electron chi connectivity index (χ3n) is 1.11. The predicted molar refractivity (Wildman–Crippen MR) is 37.7 cm³/mol. The molecule has 0 unspecified atom stereocenters. The Bertz CT molecular complexity index is 267. The molecule has 1 heteroatoms. The molecular weight excluding hydrogens is 112 g/mol. The average Bonchev–Trinajstić information content (AvgIpc) is 2.03. The van der Waals surface area contributed by atoms with E-state index in [-0.39, 0.29) is 5.56 Å². The normalized spacial score (nSPS) is 15.4. The van der Waals surface area contributed by atoms with Crippen LogP contribution in [-0.2, 0) is 0 Å². The first-order valence-corrected chi connectivity index (χ1v) is 2.69. The molecular formula is C8H10O. The molecule has 0 fully saturated rings. The molecule has 1 rings (SSSR count). The minimum Gasteiger partial charge on any atom is -0.496 e. The second-order valence-electron chi connectivity index (χ2n) is 1.70. The van der Waals surface area contributed by atoms with Crippen molar-refractivity contribution in [3.8, 4) is 5.75 Å². The monoisotopic (exact) mass is 125 g/mol. The molecule has 1 nitrogen and oxygen atoms in total. The molecule has 0 saturated carbocycles. The number of ether oxygens (including phenoxy) is 1. The maximum Gasteiger partial charge on any atom is 0.121 e. The van der Waals surface area contributed by atoms with Crippen molar-refractivity contribution in [1.29, 1.82) is 0 Å². The first-order chi connectivity index (χ1) is 5.55. The zero-order chi connectivity index (χ0) is 9.19. The molecule has 0 saturated heterocycles. The molecule has 0 aliphatic heterocycles. The van der Waals surface area contributed by atoms with Gasteiger partial charge in [-0.05, 0) is 18.5 Å². The van der Waals surface area contributed by atoms with Crippen LogP contribution in [0.1, 0.15) is 9.68 Å². The Balaban J connectivity index is 3.14. The summed E-state index contributed by atoms with van der Waals surface area (Å²) in [5.41, 5.74) is 0.257. The van der Waals surface area contributed by atoms with Gasteiger partial charge in [0.25, 0.3) is 0 Å². The molecule has 0 aromatic heterocycles. The van der Waals surface area contributed by atoms with E-state index in [1.54, 1.807) is 24.3 Å². The maximum atomic E-state index is 7.17. The summed E-state index contributed by atoms with van der Waals surface area (Å²) in [6.07, 6.45) is 0. The lowest BCUT2D eigenvalue weighted by Crippen LogP contribution is -1.84. The number of benzene rings is 1. The minimum absolute atomic E-state index is 0.257. The van der Waals surface area contributed by atoms with Gasteiger partial charge in [0.05, 0.1) is 7.11 Å². The third kappa shape index (κ3) is 1.22. The van der Waals surface area contributed by atoms with Crippen LogP contribution in [0.3, 0.4) is 0 Å². The van der Waals surface area contributed by atoms with Crippen LogP contribution < -0.4 is 4.74 Å². The molecule has 1 aromatic carbocycles. The topological polar surface area (TPSA) is 9.23 Å². The highest BCUT2D eigenvalue weighted by Gasteiger charge is 1.90. The van der Waals surface area contributed by atoms with Gasteiger partial charge >= 0.3 is 0 Å². The van der Waals surface area contributed by atoms with Crippen molar-refractivity contribution >= 4 is 0 Å². The first kappa shape index (κ1) is 3.25. The molecule has 0 atom stereocenters. The van der Waals surface area contributed by atoms with Crippen molar-refractivity contribution in [2.75, 3.05) is 7.11 Å². The molecule has 0 heterocycles. The van der Waals surface area contributed by atoms with E-state index >= 15 is 0 Å². The van der Waals surface area contributed by atoms with Crippen molar-refractivity contribution in [2.45, 2.75) is 6.85 Å². The molecule has 48 valence electrons. The van der Waals surface area contributed by atoms with Crippen molar-refractivity contribution in [3.63, 3.8) is 0 Å². The van der Waals surface area contributed by atoms with Gasteiger partial charge in [0, 0.05) is 4.11 Å². The van der Waals surface area contributed by atoms with Gasteiger partial charge in [0.15, 0.2) is 0 Å². The van der Waals surface area contributed by atoms with Gasteiger partial charge in [-0.1, -0.05) is 18.2 Å². The summed E-state index contributed by atoms with van der Waals surface area (Å²) in [5.74, 6) is 0.414. The fourth-order valence-electron chi connectivity index (χ4n) is 0.645. The summed E-state index contributed by atoms with van der Waals surface area (Å²) in [6.45, 7) is -2.09. The predicted octanol–water partition coefficient (Wildman–Crippen LogP) is 2.00. The van der Waals surface area contributed by atoms with Crippen molar-refractivity contribution in [3.05, 3.63) is 29.8 Å². The molecule has 0 amide bonds. The van der Waals surface area contributed by atoms with Gasteiger partial charge in [0.1, 0.15) is 5.75 Å². The second-order valence-corrected chi connectivity index (χ2v) is 1.70. The number of methoxy groups -OCH3 is 1. The third-order valence-corrected chi connectivity index (χ3v) is 1.11. The molecule has 0 spiro atoms. The maximum absolute atomic E-state index is 7.17. The summed E-state index contributed by atoms with van der Waals surface area (Å²) >= 11 is 0. The molecule has 9 heavy (non-hydrogen) atoms. The zero-order valence-electron chi connectivity index (χ0n) is 8.22. The van der Waals surface area contributed by atoms with Crippen molar-refractivity contribution in [2.24, 2.45) is 0 Å². The van der Waals surface area contributed by atoms with E-state index in [0.29, 0.717) is 5.75 Å². The Morgan fingerprint density at radius 3 is 2.78 bits per heavy atom. The van der Waals surface area contributed by atoms with Crippen LogP contribution in [-0.4, -0.2) is 7.11 Å². The fourth-order valence-corrected chi connectivity index (χ4v) is 0.645. The number of hydrogen-bond acceptors (Lipinski definition) is 1. The number of aryl methyl sites for hydroxylation is 1. The van der Waals surface area contributed by atoms with E-state index in [0.717, 1.165) is 0 Å². The lowest BCUT2D eigenvalue weighted by molar-refractivity contribution is 0.411. The van der Waals surface area contributed by atoms with Gasteiger partial charge in [-0.2, -0.15) is 0 Å². The van der Waals surface area contributed by atoms with E-state index in [2.05, 4.69) is 0 Å². The van der Waals surface area contributed by atoms with Crippen LogP contribution in [0.2, 0.25) is 0 Å². The molecule has 0 N–H and O–H groups in total. The minimum atomic E-state index is -2.09. The van der Waals surface area contributed by atoms with Crippen LogP contribution in [0, 0.1) is 6.85 Å². The van der Waals surface area contributed by atoms with E-state index in [1.165, 1.54) is 7.11 Å². The van der Waals surface area contributed by atoms with Crippen LogP contribution in [0.25, 0.3) is 0 Å². The molecule has 1 aromatic rings. The quantitative estimate of drug-likeness (QED) is 0.557. The largest absolute Gasteiger partial charge is 0.496 e. The van der Waals surface area contributed by atoms with Crippen molar-refractivity contribution < 1.29 is 8.85 Å². The van der Waals surface area contributed by atoms with Crippen LogP contribution >= 0.6 is 0 Å². The zero-order valence-corrected chi connectivity index (χ0v) is 5.22. The second kappa shape index (κ2) is 2.53. The number of hydrogen-bond donors (Lipinski definition) is 0. The summed E-state index contributed by atoms with van der Waals surface area (Å²) in [7, 11) is 1.46. The highest BCUT2D eigenvalue weighted by atomic mass is 16.5. The molecule has 0 bridgehead atoms. The van der Waals surface area contributed by atoms with Crippen LogP contribution in [0.5, 0.6) is 5.75 Å². The lowest BCUT2D eigenvalue weighted by atomic mass is 10.2. The van der Waals surface area contributed by atoms with E-state index in [4.69, 9.17) is 8.85 Å². The lowest BCUT2D eigenvalue weighted by Gasteiger charge is -2.00. The Labute approximate surface area is 59.5 Å². The molecule has 0 aliphatic carbocycles. The molecule has 0 radical (unpaired) electrons. The highest BCUT2D eigenvalue weighted by molar-refractivity contribution is 5.31. The number of rotatable bonds is 1. The standard InChI is InChI=1S/C8H10O/c1-7-5-3-4-6-8(7)9-2/h3-6H,1-2H3/i1D3.